The van der Waals surface area contributed by atoms with Gasteiger partial charge in [0.25, 0.3) is 5.91 Å². The fourth-order valence-corrected chi connectivity index (χ4v) is 4.13. The van der Waals surface area contributed by atoms with E-state index in [0.717, 1.165) is 42.8 Å². The molecule has 12 heteroatoms. The van der Waals surface area contributed by atoms with Crippen molar-refractivity contribution in [2.24, 2.45) is 0 Å². The molecular formula is C23H26F3N3O6. The average molecular weight is 497 g/mol. The molecule has 2 aromatic rings. The normalized spacial score (nSPS) is 21.1. The minimum Gasteiger partial charge on any atom is -0.475 e. The van der Waals surface area contributed by atoms with Crippen LogP contribution in [0.25, 0.3) is 0 Å². The Morgan fingerprint density at radius 1 is 1.26 bits per heavy atom. The van der Waals surface area contributed by atoms with Crippen LogP contribution in [0.2, 0.25) is 0 Å². The summed E-state index contributed by atoms with van der Waals surface area (Å²) in [5.74, 6) is -1.53. The molecule has 1 aliphatic carbocycles. The van der Waals surface area contributed by atoms with E-state index in [0.29, 0.717) is 37.9 Å². The number of pyridine rings is 1. The molecule has 35 heavy (non-hydrogen) atoms. The predicted octanol–water partition coefficient (Wildman–Crippen LogP) is 3.48. The highest BCUT2D eigenvalue weighted by atomic mass is 19.4. The van der Waals surface area contributed by atoms with Gasteiger partial charge in [0.1, 0.15) is 11.4 Å². The second kappa shape index (κ2) is 9.94. The molecule has 3 fully saturated rings. The predicted molar refractivity (Wildman–Crippen MR) is 114 cm³/mol. The lowest BCUT2D eigenvalue weighted by Crippen LogP contribution is -2.67. The summed E-state index contributed by atoms with van der Waals surface area (Å²) in [6, 6.07) is 7.77. The van der Waals surface area contributed by atoms with E-state index in [2.05, 4.69) is 10.1 Å². The van der Waals surface area contributed by atoms with Gasteiger partial charge in [0.15, 0.2) is 5.69 Å². The first-order valence-electron chi connectivity index (χ1n) is 11.3. The summed E-state index contributed by atoms with van der Waals surface area (Å²) >= 11 is 0. The minimum absolute atomic E-state index is 0.0723. The molecule has 2 saturated heterocycles. The number of alkyl halides is 3. The molecule has 5 rings (SSSR count). The fraction of sp³-hybridized carbons (Fsp3) is 0.565. The van der Waals surface area contributed by atoms with Gasteiger partial charge in [-0.2, -0.15) is 13.2 Å². The summed E-state index contributed by atoms with van der Waals surface area (Å²) in [4.78, 5) is 27.8. The van der Waals surface area contributed by atoms with Crippen LogP contribution in [0, 0.1) is 6.92 Å². The summed E-state index contributed by atoms with van der Waals surface area (Å²) in [5, 5.41) is 11.1. The van der Waals surface area contributed by atoms with Gasteiger partial charge in [0, 0.05) is 30.7 Å². The van der Waals surface area contributed by atoms with E-state index in [-0.39, 0.29) is 17.6 Å². The third-order valence-electron chi connectivity index (χ3n) is 6.08. The summed E-state index contributed by atoms with van der Waals surface area (Å²) in [6.45, 7) is 4.31. The Hall–Kier alpha value is -2.99. The molecule has 4 heterocycles. The van der Waals surface area contributed by atoms with Gasteiger partial charge in [-0.3, -0.25) is 9.78 Å². The van der Waals surface area contributed by atoms with E-state index >= 15 is 0 Å². The van der Waals surface area contributed by atoms with E-state index in [1.54, 1.807) is 11.0 Å². The second-order valence-electron chi connectivity index (χ2n) is 9.08. The van der Waals surface area contributed by atoms with Crippen LogP contribution in [-0.2, 0) is 20.9 Å². The molecule has 9 nitrogen and oxygen atoms in total. The molecule has 1 saturated carbocycles. The highest BCUT2D eigenvalue weighted by molar-refractivity contribution is 5.93. The lowest BCUT2D eigenvalue weighted by Gasteiger charge is -2.52. The van der Waals surface area contributed by atoms with Crippen molar-refractivity contribution >= 4 is 11.9 Å². The van der Waals surface area contributed by atoms with Crippen LogP contribution in [0.4, 0.5) is 13.2 Å². The number of likely N-dealkylation sites (tertiary alicyclic amines) is 1. The molecule has 190 valence electrons. The number of rotatable bonds is 5. The maximum atomic E-state index is 12.6. The Morgan fingerprint density at radius 2 is 1.97 bits per heavy atom. The Bertz CT molecular complexity index is 1060. The molecule has 1 amide bonds. The highest BCUT2D eigenvalue weighted by Gasteiger charge is 2.50. The molecule has 0 bridgehead atoms. The minimum atomic E-state index is -5.08. The van der Waals surface area contributed by atoms with Crippen molar-refractivity contribution in [3.63, 3.8) is 0 Å². The number of aryl methyl sites for hydroxylation is 1. The first-order chi connectivity index (χ1) is 16.5. The van der Waals surface area contributed by atoms with Crippen molar-refractivity contribution in [2.75, 3.05) is 19.7 Å². The van der Waals surface area contributed by atoms with Crippen LogP contribution in [-0.4, -0.2) is 69.6 Å². The number of halogens is 3. The Labute approximate surface area is 199 Å². The standard InChI is InChI=1S/C21H25N3O4.C2HF3O2/c1-14-3-2-4-16(22-14)11-26-17-7-8-27-21(10-17)12-24(13-21)20(25)18-9-19(28-23-18)15-5-6-15;3-2(4,5)1(6)7/h2-4,9,15,17H,5-8,10-13H2,1H3;(H,6,7). The summed E-state index contributed by atoms with van der Waals surface area (Å²) in [6.07, 6.45) is -1.03. The number of hydrogen-bond acceptors (Lipinski definition) is 7. The monoisotopic (exact) mass is 497 g/mol. The largest absolute Gasteiger partial charge is 0.490 e. The number of amides is 1. The molecule has 0 radical (unpaired) electrons. The zero-order valence-electron chi connectivity index (χ0n) is 19.1. The Kier molecular flexibility index (Phi) is 7.13. The average Bonchev–Trinajstić information content (AvgIpc) is 3.52. The second-order valence-corrected chi connectivity index (χ2v) is 9.08. The molecule has 0 aromatic carbocycles. The third kappa shape index (κ3) is 6.37. The fourth-order valence-electron chi connectivity index (χ4n) is 4.13. The molecule has 1 spiro atoms. The molecule has 3 aliphatic rings. The first kappa shape index (κ1) is 25.1. The van der Waals surface area contributed by atoms with Crippen molar-refractivity contribution in [1.82, 2.24) is 15.0 Å². The van der Waals surface area contributed by atoms with Crippen LogP contribution in [0.1, 0.15) is 59.2 Å². The van der Waals surface area contributed by atoms with Gasteiger partial charge in [0.2, 0.25) is 0 Å². The van der Waals surface area contributed by atoms with Gasteiger partial charge in [-0.1, -0.05) is 11.2 Å². The van der Waals surface area contributed by atoms with Crippen LogP contribution < -0.4 is 0 Å². The van der Waals surface area contributed by atoms with E-state index in [1.807, 2.05) is 25.1 Å². The lowest BCUT2D eigenvalue weighted by molar-refractivity contribution is -0.192. The van der Waals surface area contributed by atoms with Gasteiger partial charge in [-0.15, -0.1) is 0 Å². The number of carboxylic acid groups (broad SMARTS) is 1. The maximum absolute atomic E-state index is 12.6. The molecule has 1 atom stereocenters. The number of carboxylic acids is 1. The third-order valence-corrected chi connectivity index (χ3v) is 6.08. The zero-order valence-corrected chi connectivity index (χ0v) is 19.1. The van der Waals surface area contributed by atoms with Crippen LogP contribution in [0.3, 0.4) is 0 Å². The maximum Gasteiger partial charge on any atom is 0.490 e. The smallest absolute Gasteiger partial charge is 0.475 e. The Balaban J connectivity index is 0.000000364. The SMILES string of the molecule is Cc1cccc(COC2CCOC3(C2)CN(C(=O)c2cc(C4CC4)on2)C3)n1.O=C(O)C(F)(F)F. The highest BCUT2D eigenvalue weighted by Crippen LogP contribution is 2.41. The lowest BCUT2D eigenvalue weighted by atomic mass is 9.84. The summed E-state index contributed by atoms with van der Waals surface area (Å²) < 4.78 is 49.2. The molecular weight excluding hydrogens is 471 g/mol. The number of nitrogens with zero attached hydrogens (tertiary/aromatic N) is 3. The van der Waals surface area contributed by atoms with Crippen molar-refractivity contribution in [3.8, 4) is 0 Å². The van der Waals surface area contributed by atoms with E-state index in [9.17, 15) is 18.0 Å². The van der Waals surface area contributed by atoms with E-state index < -0.39 is 12.1 Å². The summed E-state index contributed by atoms with van der Waals surface area (Å²) in [5.41, 5.74) is 2.06. The van der Waals surface area contributed by atoms with Crippen molar-refractivity contribution in [2.45, 2.75) is 63.0 Å². The number of carbonyl (C=O) groups excluding carboxylic acids is 1. The van der Waals surface area contributed by atoms with Crippen molar-refractivity contribution < 1.29 is 41.9 Å². The number of aromatic nitrogens is 2. The van der Waals surface area contributed by atoms with Gasteiger partial charge in [-0.05, 0) is 38.3 Å². The first-order valence-corrected chi connectivity index (χ1v) is 11.3. The molecule has 2 aromatic heterocycles. The molecule has 1 N–H and O–H groups in total. The van der Waals surface area contributed by atoms with Crippen LogP contribution in [0.5, 0.6) is 0 Å². The van der Waals surface area contributed by atoms with Crippen molar-refractivity contribution in [1.29, 1.82) is 0 Å². The van der Waals surface area contributed by atoms with E-state index in [1.165, 1.54) is 0 Å². The van der Waals surface area contributed by atoms with Crippen molar-refractivity contribution in [3.05, 3.63) is 47.1 Å². The van der Waals surface area contributed by atoms with E-state index in [4.69, 9.17) is 23.9 Å². The number of carbonyl (C=O) groups is 2. The number of ether oxygens (including phenoxy) is 2. The topological polar surface area (TPSA) is 115 Å². The van der Waals surface area contributed by atoms with Gasteiger partial charge >= 0.3 is 12.1 Å². The quantitative estimate of drug-likeness (QED) is 0.668. The molecule has 1 unspecified atom stereocenters. The van der Waals surface area contributed by atoms with Gasteiger partial charge in [-0.25, -0.2) is 4.79 Å². The molecule has 2 aliphatic heterocycles. The number of hydrogen-bond donors (Lipinski definition) is 1. The summed E-state index contributed by atoms with van der Waals surface area (Å²) in [7, 11) is 0. The van der Waals surface area contributed by atoms with Gasteiger partial charge < -0.3 is 24.0 Å². The number of aliphatic carboxylic acids is 1. The van der Waals surface area contributed by atoms with Crippen LogP contribution in [0.15, 0.2) is 28.8 Å². The zero-order chi connectivity index (χ0) is 25.2. The van der Waals surface area contributed by atoms with Gasteiger partial charge in [0.05, 0.1) is 31.5 Å². The Morgan fingerprint density at radius 3 is 2.60 bits per heavy atom. The van der Waals surface area contributed by atoms with Crippen LogP contribution >= 0.6 is 0 Å².